The maximum atomic E-state index is 10.8. The minimum Gasteiger partial charge on any atom is -0.504 e. The van der Waals surface area contributed by atoms with E-state index in [9.17, 15) is 9.90 Å². The van der Waals surface area contributed by atoms with E-state index in [1.165, 1.54) is 18.3 Å². The first kappa shape index (κ1) is 12.0. The first-order chi connectivity index (χ1) is 7.54. The fourth-order valence-electron chi connectivity index (χ4n) is 1.30. The van der Waals surface area contributed by atoms with Crippen LogP contribution in [0.15, 0.2) is 23.2 Å². The molecule has 0 unspecified atom stereocenters. The molecule has 0 aliphatic heterocycles. The Morgan fingerprint density at radius 3 is 2.62 bits per heavy atom. The van der Waals surface area contributed by atoms with Gasteiger partial charge in [-0.15, -0.1) is 0 Å². The van der Waals surface area contributed by atoms with Gasteiger partial charge in [0, 0.05) is 6.42 Å². The molecule has 3 N–H and O–H groups in total. The summed E-state index contributed by atoms with van der Waals surface area (Å²) in [4.78, 5) is 14.6. The molecule has 0 saturated heterocycles. The molecule has 16 heavy (non-hydrogen) atoms. The van der Waals surface area contributed by atoms with Crippen LogP contribution in [0.4, 0.5) is 0 Å². The number of carboxylic acids is 1. The monoisotopic (exact) mass is 223 g/mol. The number of aliphatic imine (C=N–C) groups is 1. The summed E-state index contributed by atoms with van der Waals surface area (Å²) >= 11 is 0. The quantitative estimate of drug-likeness (QED) is 0.528. The van der Waals surface area contributed by atoms with Crippen LogP contribution in [0.3, 0.4) is 0 Å². The largest absolute Gasteiger partial charge is 0.504 e. The van der Waals surface area contributed by atoms with Crippen LogP contribution in [0.5, 0.6) is 11.5 Å². The van der Waals surface area contributed by atoms with Crippen LogP contribution in [0.25, 0.3) is 0 Å². The molecule has 0 fully saturated rings. The SMILES string of the molecule is CC=N[C@@H](Cc1ccc(O)c(O)c1)C(=O)O. The number of hydrogen-bond donors (Lipinski definition) is 3. The number of rotatable bonds is 4. The van der Waals surface area contributed by atoms with E-state index in [-0.39, 0.29) is 17.9 Å². The van der Waals surface area contributed by atoms with Crippen molar-refractivity contribution in [3.05, 3.63) is 23.8 Å². The van der Waals surface area contributed by atoms with Crippen molar-refractivity contribution in [3.8, 4) is 11.5 Å². The van der Waals surface area contributed by atoms with E-state index in [1.807, 2.05) is 0 Å². The van der Waals surface area contributed by atoms with Gasteiger partial charge in [-0.05, 0) is 30.8 Å². The highest BCUT2D eigenvalue weighted by atomic mass is 16.4. The van der Waals surface area contributed by atoms with E-state index >= 15 is 0 Å². The second kappa shape index (κ2) is 5.16. The third-order valence-corrected chi connectivity index (χ3v) is 2.08. The Balaban J connectivity index is 2.85. The van der Waals surface area contributed by atoms with Gasteiger partial charge in [0.2, 0.25) is 0 Å². The number of phenols is 2. The molecule has 0 amide bonds. The number of nitrogens with zero attached hydrogens (tertiary/aromatic N) is 1. The van der Waals surface area contributed by atoms with E-state index < -0.39 is 12.0 Å². The summed E-state index contributed by atoms with van der Waals surface area (Å²) in [6.45, 7) is 1.64. The molecule has 86 valence electrons. The maximum absolute atomic E-state index is 10.8. The van der Waals surface area contributed by atoms with Crippen LogP contribution in [0.1, 0.15) is 12.5 Å². The van der Waals surface area contributed by atoms with E-state index in [0.29, 0.717) is 5.56 Å². The van der Waals surface area contributed by atoms with Crippen LogP contribution < -0.4 is 0 Å². The predicted molar refractivity (Wildman–Crippen MR) is 59.1 cm³/mol. The van der Waals surface area contributed by atoms with Gasteiger partial charge in [0.25, 0.3) is 0 Å². The summed E-state index contributed by atoms with van der Waals surface area (Å²) in [5.74, 6) is -1.51. The van der Waals surface area contributed by atoms with Crippen LogP contribution in [-0.4, -0.2) is 33.5 Å². The Bertz CT molecular complexity index is 414. The Morgan fingerprint density at radius 2 is 2.12 bits per heavy atom. The Hall–Kier alpha value is -2.04. The van der Waals surface area contributed by atoms with Gasteiger partial charge in [-0.1, -0.05) is 6.07 Å². The Morgan fingerprint density at radius 1 is 1.44 bits per heavy atom. The summed E-state index contributed by atoms with van der Waals surface area (Å²) < 4.78 is 0. The summed E-state index contributed by atoms with van der Waals surface area (Å²) in [6, 6.07) is 3.33. The smallest absolute Gasteiger partial charge is 0.328 e. The van der Waals surface area contributed by atoms with E-state index in [1.54, 1.807) is 13.0 Å². The first-order valence-electron chi connectivity index (χ1n) is 4.76. The highest BCUT2D eigenvalue weighted by molar-refractivity contribution is 5.76. The van der Waals surface area contributed by atoms with E-state index in [4.69, 9.17) is 10.2 Å². The Kier molecular flexibility index (Phi) is 3.88. The zero-order valence-corrected chi connectivity index (χ0v) is 8.79. The normalized spacial score (nSPS) is 12.8. The zero-order chi connectivity index (χ0) is 12.1. The van der Waals surface area contributed by atoms with Gasteiger partial charge in [0.15, 0.2) is 17.5 Å². The number of phenolic OH excluding ortho intramolecular Hbond substituents is 2. The van der Waals surface area contributed by atoms with Gasteiger partial charge in [0.1, 0.15) is 0 Å². The Labute approximate surface area is 92.7 Å². The molecule has 1 rings (SSSR count). The van der Waals surface area contributed by atoms with Crippen molar-refractivity contribution in [2.75, 3.05) is 0 Å². The number of carbonyl (C=O) groups is 1. The van der Waals surface area contributed by atoms with Gasteiger partial charge in [-0.25, -0.2) is 4.79 Å². The van der Waals surface area contributed by atoms with Crippen molar-refractivity contribution in [2.45, 2.75) is 19.4 Å². The third-order valence-electron chi connectivity index (χ3n) is 2.08. The summed E-state index contributed by atoms with van der Waals surface area (Å²) in [6.07, 6.45) is 1.60. The predicted octanol–water partition coefficient (Wildman–Crippen LogP) is 1.18. The molecule has 5 heteroatoms. The van der Waals surface area contributed by atoms with Gasteiger partial charge < -0.3 is 15.3 Å². The molecule has 1 aromatic carbocycles. The molecule has 0 saturated carbocycles. The lowest BCUT2D eigenvalue weighted by Gasteiger charge is -2.08. The van der Waals surface area contributed by atoms with Crippen molar-refractivity contribution < 1.29 is 20.1 Å². The fourth-order valence-corrected chi connectivity index (χ4v) is 1.30. The molecular weight excluding hydrogens is 210 g/mol. The number of benzene rings is 1. The van der Waals surface area contributed by atoms with Crippen molar-refractivity contribution in [1.29, 1.82) is 0 Å². The number of aromatic hydroxyl groups is 2. The molecular formula is C11H13NO4. The summed E-state index contributed by atoms with van der Waals surface area (Å²) in [5.41, 5.74) is 0.605. The maximum Gasteiger partial charge on any atom is 0.328 e. The lowest BCUT2D eigenvalue weighted by atomic mass is 10.1. The van der Waals surface area contributed by atoms with Gasteiger partial charge in [-0.3, -0.25) is 4.99 Å². The topological polar surface area (TPSA) is 90.1 Å². The van der Waals surface area contributed by atoms with E-state index in [2.05, 4.69) is 4.99 Å². The second-order valence-corrected chi connectivity index (χ2v) is 3.29. The van der Waals surface area contributed by atoms with Crippen LogP contribution in [-0.2, 0) is 11.2 Å². The highest BCUT2D eigenvalue weighted by Gasteiger charge is 2.16. The van der Waals surface area contributed by atoms with Crippen molar-refractivity contribution in [2.24, 2.45) is 4.99 Å². The van der Waals surface area contributed by atoms with Crippen LogP contribution in [0, 0.1) is 0 Å². The standard InChI is InChI=1S/C11H13NO4/c1-2-12-8(11(15)16)5-7-3-4-9(13)10(14)6-7/h2-4,6,8,13-14H,5H2,1H3,(H,15,16)/t8-/m0/s1. The van der Waals surface area contributed by atoms with Gasteiger partial charge in [-0.2, -0.15) is 0 Å². The van der Waals surface area contributed by atoms with Crippen molar-refractivity contribution in [3.63, 3.8) is 0 Å². The number of carboxylic acid groups (broad SMARTS) is 1. The van der Waals surface area contributed by atoms with Crippen molar-refractivity contribution in [1.82, 2.24) is 0 Å². The molecule has 0 aliphatic carbocycles. The summed E-state index contributed by atoms with van der Waals surface area (Å²) in [5, 5.41) is 27.2. The van der Waals surface area contributed by atoms with Gasteiger partial charge >= 0.3 is 5.97 Å². The third kappa shape index (κ3) is 2.98. The molecule has 0 heterocycles. The molecule has 0 bridgehead atoms. The lowest BCUT2D eigenvalue weighted by molar-refractivity contribution is -0.138. The average Bonchev–Trinajstić information content (AvgIpc) is 2.22. The number of aliphatic carboxylic acids is 1. The van der Waals surface area contributed by atoms with E-state index in [0.717, 1.165) is 0 Å². The van der Waals surface area contributed by atoms with Crippen molar-refractivity contribution >= 4 is 12.2 Å². The molecule has 0 radical (unpaired) electrons. The summed E-state index contributed by atoms with van der Waals surface area (Å²) in [7, 11) is 0. The minimum atomic E-state index is -1.02. The fraction of sp³-hybridized carbons (Fsp3) is 0.273. The van der Waals surface area contributed by atoms with Crippen LogP contribution in [0.2, 0.25) is 0 Å². The van der Waals surface area contributed by atoms with Crippen LogP contribution >= 0.6 is 0 Å². The zero-order valence-electron chi connectivity index (χ0n) is 8.79. The lowest BCUT2D eigenvalue weighted by Crippen LogP contribution is -2.20. The average molecular weight is 223 g/mol. The first-order valence-corrected chi connectivity index (χ1v) is 4.76. The molecule has 1 atom stereocenters. The molecule has 1 aromatic rings. The second-order valence-electron chi connectivity index (χ2n) is 3.29. The highest BCUT2D eigenvalue weighted by Crippen LogP contribution is 2.25. The molecule has 0 aliphatic rings. The molecule has 5 nitrogen and oxygen atoms in total. The molecule has 0 aromatic heterocycles. The molecule has 0 spiro atoms. The number of hydrogen-bond acceptors (Lipinski definition) is 4. The minimum absolute atomic E-state index is 0.174. The van der Waals surface area contributed by atoms with Gasteiger partial charge in [0.05, 0.1) is 0 Å².